The average Bonchev–Trinajstić information content (AvgIpc) is 3.23. The summed E-state index contributed by atoms with van der Waals surface area (Å²) in [6.07, 6.45) is 8.83. The molecule has 1 N–H and O–H groups in total. The minimum absolute atomic E-state index is 0.115. The summed E-state index contributed by atoms with van der Waals surface area (Å²) in [7, 11) is 0. The van der Waals surface area contributed by atoms with Crippen LogP contribution in [0.4, 0.5) is 0 Å². The predicted molar refractivity (Wildman–Crippen MR) is 117 cm³/mol. The molecule has 1 aliphatic heterocycles. The highest BCUT2D eigenvalue weighted by atomic mass is 16.3. The number of hydrogen-bond acceptors (Lipinski definition) is 4. The van der Waals surface area contributed by atoms with Crippen LogP contribution in [0.5, 0.6) is 0 Å². The van der Waals surface area contributed by atoms with Crippen molar-refractivity contribution in [3.8, 4) is 0 Å². The first-order valence-corrected chi connectivity index (χ1v) is 10.7. The Hall–Kier alpha value is -2.92. The third kappa shape index (κ3) is 4.62. The van der Waals surface area contributed by atoms with Crippen molar-refractivity contribution in [2.24, 2.45) is 0 Å². The lowest BCUT2D eigenvalue weighted by Crippen LogP contribution is -2.32. The van der Waals surface area contributed by atoms with Crippen molar-refractivity contribution in [2.75, 3.05) is 13.1 Å². The van der Waals surface area contributed by atoms with Gasteiger partial charge in [-0.3, -0.25) is 14.7 Å². The normalized spacial score (nSPS) is 15.7. The molecule has 3 heterocycles. The molecule has 1 aromatic carbocycles. The number of amides is 1. The summed E-state index contributed by atoms with van der Waals surface area (Å²) in [6.45, 7) is 6.99. The molecule has 2 aromatic heterocycles. The van der Waals surface area contributed by atoms with Crippen molar-refractivity contribution in [1.29, 1.82) is 0 Å². The van der Waals surface area contributed by atoms with E-state index in [1.807, 2.05) is 12.1 Å². The fraction of sp³-hybridized carbons (Fsp3) is 0.360. The molecule has 1 aliphatic rings. The van der Waals surface area contributed by atoms with Crippen LogP contribution in [0.25, 0.3) is 0 Å². The molecular weight excluding hydrogens is 374 g/mol. The van der Waals surface area contributed by atoms with E-state index >= 15 is 0 Å². The number of aryl methyl sites for hydroxylation is 2. The third-order valence-corrected chi connectivity index (χ3v) is 5.99. The number of rotatable bonds is 6. The van der Waals surface area contributed by atoms with Gasteiger partial charge in [0.05, 0.1) is 24.4 Å². The number of hydrogen-bond donors (Lipinski definition) is 1. The first-order valence-electron chi connectivity index (χ1n) is 10.7. The SMILES string of the molecule is Cc1ccc(C(NC(=O)c2ccoc2CN2CCCCC2)c2ccncc2)cc1C. The number of nitrogens with zero attached hydrogens (tertiary/aromatic N) is 2. The number of carbonyl (C=O) groups excluding carboxylic acids is 1. The standard InChI is InChI=1S/C25H29N3O2/c1-18-6-7-21(16-19(18)2)24(20-8-11-26-12-9-20)27-25(29)22-10-15-30-23(22)17-28-13-4-3-5-14-28/h6-12,15-16,24H,3-5,13-14,17H2,1-2H3,(H,27,29). The summed E-state index contributed by atoms with van der Waals surface area (Å²) in [5, 5.41) is 3.23. The number of nitrogens with one attached hydrogen (secondary N) is 1. The summed E-state index contributed by atoms with van der Waals surface area (Å²) in [5.41, 5.74) is 5.11. The van der Waals surface area contributed by atoms with Gasteiger partial charge in [-0.2, -0.15) is 0 Å². The van der Waals surface area contributed by atoms with Crippen LogP contribution in [0.2, 0.25) is 0 Å². The lowest BCUT2D eigenvalue weighted by Gasteiger charge is -2.26. The monoisotopic (exact) mass is 403 g/mol. The molecule has 3 aromatic rings. The van der Waals surface area contributed by atoms with Gasteiger partial charge in [-0.25, -0.2) is 0 Å². The molecular formula is C25H29N3O2. The predicted octanol–water partition coefficient (Wildman–Crippen LogP) is 4.80. The largest absolute Gasteiger partial charge is 0.467 e. The Morgan fingerprint density at radius 1 is 1.03 bits per heavy atom. The van der Waals surface area contributed by atoms with Gasteiger partial charge in [0, 0.05) is 12.4 Å². The number of piperidine rings is 1. The lowest BCUT2D eigenvalue weighted by atomic mass is 9.96. The molecule has 1 amide bonds. The van der Waals surface area contributed by atoms with Crippen molar-refractivity contribution in [3.05, 3.63) is 88.6 Å². The number of aromatic nitrogens is 1. The number of carbonyl (C=O) groups is 1. The van der Waals surface area contributed by atoms with Crippen LogP contribution in [0.3, 0.4) is 0 Å². The van der Waals surface area contributed by atoms with Crippen LogP contribution in [-0.4, -0.2) is 28.9 Å². The van der Waals surface area contributed by atoms with Crippen molar-refractivity contribution < 1.29 is 9.21 Å². The van der Waals surface area contributed by atoms with Crippen LogP contribution >= 0.6 is 0 Å². The second-order valence-electron chi connectivity index (χ2n) is 8.12. The van der Waals surface area contributed by atoms with E-state index < -0.39 is 0 Å². The molecule has 5 heteroatoms. The summed E-state index contributed by atoms with van der Waals surface area (Å²) in [6, 6.07) is 11.7. The maximum absolute atomic E-state index is 13.3. The molecule has 1 fully saturated rings. The fourth-order valence-corrected chi connectivity index (χ4v) is 4.05. The van der Waals surface area contributed by atoms with E-state index in [1.54, 1.807) is 24.7 Å². The molecule has 0 radical (unpaired) electrons. The highest BCUT2D eigenvalue weighted by Crippen LogP contribution is 2.25. The zero-order valence-corrected chi connectivity index (χ0v) is 17.7. The average molecular weight is 404 g/mol. The zero-order chi connectivity index (χ0) is 20.9. The minimum atomic E-state index is -0.252. The number of furan rings is 1. The molecule has 1 unspecified atom stereocenters. The summed E-state index contributed by atoms with van der Waals surface area (Å²) in [4.78, 5) is 19.8. The van der Waals surface area contributed by atoms with Gasteiger partial charge in [0.15, 0.2) is 0 Å². The van der Waals surface area contributed by atoms with Crippen molar-refractivity contribution >= 4 is 5.91 Å². The van der Waals surface area contributed by atoms with Gasteiger partial charge in [0.25, 0.3) is 5.91 Å². The highest BCUT2D eigenvalue weighted by molar-refractivity contribution is 5.95. The maximum atomic E-state index is 13.3. The fourth-order valence-electron chi connectivity index (χ4n) is 4.05. The maximum Gasteiger partial charge on any atom is 0.255 e. The van der Waals surface area contributed by atoms with Gasteiger partial charge in [-0.1, -0.05) is 24.6 Å². The Bertz CT molecular complexity index is 991. The molecule has 0 saturated carbocycles. The van der Waals surface area contributed by atoms with Crippen LogP contribution in [0, 0.1) is 13.8 Å². The van der Waals surface area contributed by atoms with Crippen LogP contribution in [0.15, 0.2) is 59.5 Å². The zero-order valence-electron chi connectivity index (χ0n) is 17.7. The molecule has 1 atom stereocenters. The second kappa shape index (κ2) is 9.26. The molecule has 0 bridgehead atoms. The minimum Gasteiger partial charge on any atom is -0.467 e. The molecule has 5 nitrogen and oxygen atoms in total. The Labute approximate surface area is 178 Å². The van der Waals surface area contributed by atoms with E-state index in [4.69, 9.17) is 4.42 Å². The van der Waals surface area contributed by atoms with Gasteiger partial charge in [-0.05, 0) is 80.2 Å². The van der Waals surface area contributed by atoms with Gasteiger partial charge in [-0.15, -0.1) is 0 Å². The Morgan fingerprint density at radius 2 is 1.80 bits per heavy atom. The summed E-state index contributed by atoms with van der Waals surface area (Å²) in [5.74, 6) is 0.624. The molecule has 156 valence electrons. The third-order valence-electron chi connectivity index (χ3n) is 5.99. The highest BCUT2D eigenvalue weighted by Gasteiger charge is 2.23. The Morgan fingerprint density at radius 3 is 2.53 bits per heavy atom. The molecule has 4 rings (SSSR count). The first kappa shape index (κ1) is 20.4. The van der Waals surface area contributed by atoms with Gasteiger partial charge < -0.3 is 9.73 Å². The summed E-state index contributed by atoms with van der Waals surface area (Å²) >= 11 is 0. The number of benzene rings is 1. The smallest absolute Gasteiger partial charge is 0.255 e. The van der Waals surface area contributed by atoms with E-state index in [1.165, 1.54) is 30.4 Å². The van der Waals surface area contributed by atoms with Gasteiger partial charge >= 0.3 is 0 Å². The van der Waals surface area contributed by atoms with Crippen molar-refractivity contribution in [2.45, 2.75) is 45.7 Å². The van der Waals surface area contributed by atoms with E-state index in [0.29, 0.717) is 12.1 Å². The number of likely N-dealkylation sites (tertiary alicyclic amines) is 1. The molecule has 30 heavy (non-hydrogen) atoms. The first-order chi connectivity index (χ1) is 14.6. The quantitative estimate of drug-likeness (QED) is 0.642. The van der Waals surface area contributed by atoms with E-state index in [0.717, 1.165) is 30.0 Å². The molecule has 0 aliphatic carbocycles. The van der Waals surface area contributed by atoms with E-state index in [-0.39, 0.29) is 11.9 Å². The van der Waals surface area contributed by atoms with Crippen LogP contribution in [0.1, 0.15) is 63.7 Å². The van der Waals surface area contributed by atoms with Crippen molar-refractivity contribution in [3.63, 3.8) is 0 Å². The Balaban J connectivity index is 1.58. The molecule has 1 saturated heterocycles. The van der Waals surface area contributed by atoms with E-state index in [2.05, 4.69) is 47.2 Å². The van der Waals surface area contributed by atoms with Gasteiger partial charge in [0.1, 0.15) is 5.76 Å². The topological polar surface area (TPSA) is 58.4 Å². The Kier molecular flexibility index (Phi) is 6.29. The second-order valence-corrected chi connectivity index (χ2v) is 8.12. The lowest BCUT2D eigenvalue weighted by molar-refractivity contribution is 0.0938. The van der Waals surface area contributed by atoms with E-state index in [9.17, 15) is 4.79 Å². The molecule has 0 spiro atoms. The number of pyridine rings is 1. The van der Waals surface area contributed by atoms with Crippen molar-refractivity contribution in [1.82, 2.24) is 15.2 Å². The van der Waals surface area contributed by atoms with Crippen LogP contribution in [-0.2, 0) is 6.54 Å². The van der Waals surface area contributed by atoms with Gasteiger partial charge in [0.2, 0.25) is 0 Å². The summed E-state index contributed by atoms with van der Waals surface area (Å²) < 4.78 is 5.70. The van der Waals surface area contributed by atoms with Crippen LogP contribution < -0.4 is 5.32 Å².